The molecule has 6 rings (SSSR count). The molecule has 14 heteroatoms. The first-order valence-corrected chi connectivity index (χ1v) is 15.6. The van der Waals surface area contributed by atoms with Gasteiger partial charge in [-0.1, -0.05) is 11.6 Å². The third-order valence-corrected chi connectivity index (χ3v) is 9.15. The standard InChI is InChI=1S/C32H37ClN10O3/c1-19-27(28(39-38-19)25-7-4-21(34)17-35-25)26-18-36-29(41(26)3)30(44)37-22-5-6-23(24(33)16-22)32(46)43-14-12-42(13-15-43)31(45)20-8-10-40(2)11-9-20/h4-7,16-18,20H,8-15,34H2,1-3H3,(H,37,44)(H,38,39). The summed E-state index contributed by atoms with van der Waals surface area (Å²) in [6.45, 7) is 5.62. The number of pyridine rings is 1. The van der Waals surface area contributed by atoms with E-state index in [0.717, 1.165) is 37.2 Å². The summed E-state index contributed by atoms with van der Waals surface area (Å²) in [7, 11) is 3.83. The molecule has 0 radical (unpaired) electrons. The van der Waals surface area contributed by atoms with Crippen LogP contribution in [0.15, 0.2) is 42.7 Å². The van der Waals surface area contributed by atoms with Gasteiger partial charge in [-0.2, -0.15) is 5.10 Å². The molecule has 1 aromatic carbocycles. The summed E-state index contributed by atoms with van der Waals surface area (Å²) in [5.74, 6) is -0.215. The maximum absolute atomic E-state index is 13.3. The topological polar surface area (TPSA) is 158 Å². The van der Waals surface area contributed by atoms with Crippen LogP contribution in [0.2, 0.25) is 5.02 Å². The zero-order valence-electron chi connectivity index (χ0n) is 26.1. The number of aromatic amines is 1. The molecule has 240 valence electrons. The number of anilines is 2. The Morgan fingerprint density at radius 1 is 0.957 bits per heavy atom. The van der Waals surface area contributed by atoms with E-state index in [1.807, 2.05) is 11.8 Å². The predicted octanol–water partition coefficient (Wildman–Crippen LogP) is 3.29. The molecular formula is C32H37ClN10O3. The molecule has 3 aromatic heterocycles. The van der Waals surface area contributed by atoms with Crippen molar-refractivity contribution in [3.05, 3.63) is 64.8 Å². The quantitative estimate of drug-likeness (QED) is 0.288. The van der Waals surface area contributed by atoms with Crippen LogP contribution in [0.1, 0.15) is 39.5 Å². The third-order valence-electron chi connectivity index (χ3n) is 8.84. The number of nitrogens with two attached hydrogens (primary N) is 1. The Hall–Kier alpha value is -4.75. The smallest absolute Gasteiger partial charge is 0.291 e. The van der Waals surface area contributed by atoms with Crippen LogP contribution in [-0.4, -0.2) is 103 Å². The van der Waals surface area contributed by atoms with Gasteiger partial charge in [-0.25, -0.2) is 4.98 Å². The molecule has 5 heterocycles. The highest BCUT2D eigenvalue weighted by molar-refractivity contribution is 6.34. The third kappa shape index (κ3) is 6.20. The fourth-order valence-corrected chi connectivity index (χ4v) is 6.37. The number of aryl methyl sites for hydroxylation is 1. The number of nitrogens with one attached hydrogen (secondary N) is 2. The van der Waals surface area contributed by atoms with Crippen molar-refractivity contribution in [1.29, 1.82) is 0 Å². The Morgan fingerprint density at radius 3 is 2.35 bits per heavy atom. The molecule has 2 saturated heterocycles. The van der Waals surface area contributed by atoms with Gasteiger partial charge >= 0.3 is 0 Å². The molecular weight excluding hydrogens is 608 g/mol. The predicted molar refractivity (Wildman–Crippen MR) is 175 cm³/mol. The van der Waals surface area contributed by atoms with E-state index < -0.39 is 5.91 Å². The van der Waals surface area contributed by atoms with Crippen LogP contribution in [-0.2, 0) is 11.8 Å². The molecule has 2 fully saturated rings. The Bertz CT molecular complexity index is 1770. The normalized spacial score (nSPS) is 16.1. The van der Waals surface area contributed by atoms with Crippen molar-refractivity contribution < 1.29 is 14.4 Å². The molecule has 0 aliphatic carbocycles. The summed E-state index contributed by atoms with van der Waals surface area (Å²) in [6.07, 6.45) is 4.94. The molecule has 13 nitrogen and oxygen atoms in total. The van der Waals surface area contributed by atoms with Crippen LogP contribution in [0, 0.1) is 12.8 Å². The maximum Gasteiger partial charge on any atom is 0.291 e. The lowest BCUT2D eigenvalue weighted by molar-refractivity contribution is -0.138. The van der Waals surface area contributed by atoms with Crippen molar-refractivity contribution in [3.8, 4) is 22.6 Å². The number of piperazine rings is 1. The lowest BCUT2D eigenvalue weighted by Gasteiger charge is -2.38. The number of halogens is 1. The first-order chi connectivity index (χ1) is 22.1. The summed E-state index contributed by atoms with van der Waals surface area (Å²) in [5, 5.41) is 10.4. The van der Waals surface area contributed by atoms with Gasteiger partial charge in [0.2, 0.25) is 5.91 Å². The number of hydrogen-bond acceptors (Lipinski definition) is 8. The van der Waals surface area contributed by atoms with E-state index >= 15 is 0 Å². The minimum Gasteiger partial charge on any atom is -0.397 e. The summed E-state index contributed by atoms with van der Waals surface area (Å²) in [6, 6.07) is 8.37. The summed E-state index contributed by atoms with van der Waals surface area (Å²) < 4.78 is 1.69. The number of amides is 3. The van der Waals surface area contributed by atoms with E-state index in [2.05, 4.69) is 37.4 Å². The molecule has 4 aromatic rings. The van der Waals surface area contributed by atoms with Crippen LogP contribution in [0.25, 0.3) is 22.6 Å². The van der Waals surface area contributed by atoms with Gasteiger partial charge in [-0.3, -0.25) is 24.5 Å². The number of rotatable bonds is 6. The Morgan fingerprint density at radius 2 is 1.67 bits per heavy atom. The molecule has 0 saturated carbocycles. The average Bonchev–Trinajstić information content (AvgIpc) is 3.62. The Kier molecular flexibility index (Phi) is 8.78. The highest BCUT2D eigenvalue weighted by Gasteiger charge is 2.31. The van der Waals surface area contributed by atoms with E-state index in [0.29, 0.717) is 60.2 Å². The maximum atomic E-state index is 13.3. The summed E-state index contributed by atoms with van der Waals surface area (Å²) >= 11 is 6.56. The van der Waals surface area contributed by atoms with Gasteiger partial charge < -0.3 is 30.3 Å². The van der Waals surface area contributed by atoms with Crippen LogP contribution in [0.4, 0.5) is 11.4 Å². The molecule has 2 aliphatic heterocycles. The highest BCUT2D eigenvalue weighted by Crippen LogP contribution is 2.33. The number of piperidine rings is 1. The number of aromatic nitrogens is 5. The summed E-state index contributed by atoms with van der Waals surface area (Å²) in [4.78, 5) is 54.3. The molecule has 2 aliphatic rings. The fraction of sp³-hybridized carbons (Fsp3) is 0.375. The number of benzene rings is 1. The SMILES string of the molecule is Cc1n[nH]c(-c2ccc(N)cn2)c1-c1cnc(C(=O)Nc2ccc(C(=O)N3CCN(C(=O)C4CCN(C)CC4)CC3)c(Cl)c2)n1C. The number of carbonyl (C=O) groups is 3. The van der Waals surface area contributed by atoms with Crippen LogP contribution >= 0.6 is 11.6 Å². The van der Waals surface area contributed by atoms with Gasteiger partial charge in [0.15, 0.2) is 5.82 Å². The number of carbonyl (C=O) groups excluding carboxylic acids is 3. The molecule has 4 N–H and O–H groups in total. The lowest BCUT2D eigenvalue weighted by Crippen LogP contribution is -2.52. The van der Waals surface area contributed by atoms with E-state index in [1.165, 1.54) is 0 Å². The van der Waals surface area contributed by atoms with Gasteiger partial charge in [-0.05, 0) is 70.2 Å². The first-order valence-electron chi connectivity index (χ1n) is 15.3. The van der Waals surface area contributed by atoms with Crippen LogP contribution < -0.4 is 11.1 Å². The first kappa shape index (κ1) is 31.2. The minimum atomic E-state index is -0.442. The molecule has 0 atom stereocenters. The number of hydrogen-bond donors (Lipinski definition) is 3. The fourth-order valence-electron chi connectivity index (χ4n) is 6.10. The molecule has 0 unspecified atom stereocenters. The molecule has 46 heavy (non-hydrogen) atoms. The second-order valence-electron chi connectivity index (χ2n) is 11.9. The second kappa shape index (κ2) is 12.9. The van der Waals surface area contributed by atoms with E-state index in [-0.39, 0.29) is 28.6 Å². The van der Waals surface area contributed by atoms with Gasteiger partial charge in [0.25, 0.3) is 11.8 Å². The van der Waals surface area contributed by atoms with E-state index in [1.54, 1.807) is 59.2 Å². The van der Waals surface area contributed by atoms with Crippen molar-refractivity contribution in [2.24, 2.45) is 13.0 Å². The lowest BCUT2D eigenvalue weighted by atomic mass is 9.95. The number of nitrogen functional groups attached to an aromatic ring is 1. The van der Waals surface area contributed by atoms with Gasteiger partial charge in [-0.15, -0.1) is 0 Å². The van der Waals surface area contributed by atoms with Crippen LogP contribution in [0.5, 0.6) is 0 Å². The number of H-pyrrole nitrogens is 1. The average molecular weight is 645 g/mol. The van der Waals surface area contributed by atoms with Crippen molar-refractivity contribution in [1.82, 2.24) is 39.4 Å². The van der Waals surface area contributed by atoms with Gasteiger partial charge in [0, 0.05) is 44.8 Å². The van der Waals surface area contributed by atoms with Gasteiger partial charge in [0.1, 0.15) is 0 Å². The zero-order chi connectivity index (χ0) is 32.5. The van der Waals surface area contributed by atoms with Gasteiger partial charge in [0.05, 0.1) is 57.0 Å². The largest absolute Gasteiger partial charge is 0.397 e. The molecule has 3 amide bonds. The molecule has 0 spiro atoms. The number of nitrogens with zero attached hydrogens (tertiary/aromatic N) is 7. The minimum absolute atomic E-state index is 0.0622. The Balaban J connectivity index is 1.10. The number of likely N-dealkylation sites (tertiary alicyclic amines) is 1. The number of imidazole rings is 1. The molecule has 0 bridgehead atoms. The second-order valence-corrected chi connectivity index (χ2v) is 12.3. The van der Waals surface area contributed by atoms with E-state index in [9.17, 15) is 14.4 Å². The Labute approximate surface area is 271 Å². The summed E-state index contributed by atoms with van der Waals surface area (Å²) in [5.41, 5.74) is 10.6. The zero-order valence-corrected chi connectivity index (χ0v) is 26.8. The monoisotopic (exact) mass is 644 g/mol. The van der Waals surface area contributed by atoms with E-state index in [4.69, 9.17) is 17.3 Å². The highest BCUT2D eigenvalue weighted by atomic mass is 35.5. The van der Waals surface area contributed by atoms with Crippen LogP contribution in [0.3, 0.4) is 0 Å². The van der Waals surface area contributed by atoms with Crippen molar-refractivity contribution >= 4 is 40.7 Å². The van der Waals surface area contributed by atoms with Crippen molar-refractivity contribution in [2.75, 3.05) is 57.4 Å². The van der Waals surface area contributed by atoms with Crippen molar-refractivity contribution in [3.63, 3.8) is 0 Å². The van der Waals surface area contributed by atoms with Crippen molar-refractivity contribution in [2.45, 2.75) is 19.8 Å².